The Morgan fingerprint density at radius 3 is 2.35 bits per heavy atom. The summed E-state index contributed by atoms with van der Waals surface area (Å²) in [5, 5.41) is 10.8. The van der Waals surface area contributed by atoms with Crippen LogP contribution in [0.3, 0.4) is 0 Å². The molecule has 3 heterocycles. The molecule has 0 saturated heterocycles. The van der Waals surface area contributed by atoms with Gasteiger partial charge in [-0.3, -0.25) is 13.9 Å². The average molecular weight is 438 g/mol. The van der Waals surface area contributed by atoms with E-state index in [1.54, 1.807) is 43.4 Å². The average Bonchev–Trinajstić information content (AvgIpc) is 3.13. The fraction of sp³-hybridized carbons (Fsp3) is 0.217. The molecule has 1 atom stereocenters. The molecule has 2 aromatic heterocycles. The quantitative estimate of drug-likeness (QED) is 0.522. The van der Waals surface area contributed by atoms with Crippen LogP contribution < -0.4 is 11.2 Å². The summed E-state index contributed by atoms with van der Waals surface area (Å²) in [5.41, 5.74) is 2.95. The Balaban J connectivity index is 1.93. The molecule has 158 valence electrons. The van der Waals surface area contributed by atoms with Gasteiger partial charge < -0.3 is 14.4 Å². The van der Waals surface area contributed by atoms with Crippen LogP contribution in [0.5, 0.6) is 5.75 Å². The number of rotatable bonds is 2. The lowest BCUT2D eigenvalue weighted by atomic mass is 10.0. The van der Waals surface area contributed by atoms with Gasteiger partial charge in [0.1, 0.15) is 11.9 Å². The summed E-state index contributed by atoms with van der Waals surface area (Å²) in [7, 11) is 3.15. The van der Waals surface area contributed by atoms with Gasteiger partial charge in [-0.1, -0.05) is 35.9 Å². The Bertz CT molecular complexity index is 1430. The van der Waals surface area contributed by atoms with Crippen LogP contribution in [0.4, 0.5) is 0 Å². The van der Waals surface area contributed by atoms with Crippen LogP contribution in [0.15, 0.2) is 58.1 Å². The van der Waals surface area contributed by atoms with Crippen LogP contribution in [0.2, 0.25) is 5.02 Å². The number of aromatic hydroxyl groups is 1. The van der Waals surface area contributed by atoms with Crippen LogP contribution in [0.25, 0.3) is 22.2 Å². The van der Waals surface area contributed by atoms with Crippen molar-refractivity contribution in [2.75, 3.05) is 6.61 Å². The molecule has 0 fully saturated rings. The van der Waals surface area contributed by atoms with Crippen LogP contribution in [0, 0.1) is 0 Å². The highest BCUT2D eigenvalue weighted by molar-refractivity contribution is 6.30. The molecule has 0 spiro atoms. The highest BCUT2D eigenvalue weighted by Crippen LogP contribution is 2.40. The number of halogens is 1. The van der Waals surface area contributed by atoms with Crippen LogP contribution in [-0.4, -0.2) is 25.4 Å². The summed E-state index contributed by atoms with van der Waals surface area (Å²) in [6.07, 6.45) is -0.490. The molecular formula is C23H20ClN3O4. The van der Waals surface area contributed by atoms with Crippen LogP contribution in [-0.2, 0) is 25.4 Å². The summed E-state index contributed by atoms with van der Waals surface area (Å²) in [5.74, 6) is 0.155. The summed E-state index contributed by atoms with van der Waals surface area (Å²) in [4.78, 5) is 26.1. The summed E-state index contributed by atoms with van der Waals surface area (Å²) >= 11 is 6.09. The number of aryl methyl sites for hydroxylation is 1. The maximum absolute atomic E-state index is 13.3. The molecule has 7 nitrogen and oxygen atoms in total. The molecule has 5 rings (SSSR count). The van der Waals surface area contributed by atoms with Crippen molar-refractivity contribution in [2.45, 2.75) is 12.6 Å². The second-order valence-electron chi connectivity index (χ2n) is 7.66. The standard InChI is InChI=1S/C23H20ClN3O4/c1-25-19-17(22(29)26(2)23(25)30)18(13-3-7-15(24)8-4-13)27-11-12-31-21(20(19)27)14-5-9-16(28)10-6-14/h3-10,21,28H,11-12H2,1-2H3/t21-/m0/s1. The van der Waals surface area contributed by atoms with Gasteiger partial charge in [-0.2, -0.15) is 0 Å². The maximum atomic E-state index is 13.3. The van der Waals surface area contributed by atoms with E-state index in [4.69, 9.17) is 16.3 Å². The van der Waals surface area contributed by atoms with Gasteiger partial charge >= 0.3 is 5.69 Å². The van der Waals surface area contributed by atoms with E-state index < -0.39 is 11.8 Å². The molecule has 0 aliphatic carbocycles. The molecule has 0 unspecified atom stereocenters. The van der Waals surface area contributed by atoms with Crippen LogP contribution >= 0.6 is 11.6 Å². The van der Waals surface area contributed by atoms with Gasteiger partial charge in [-0.25, -0.2) is 4.79 Å². The van der Waals surface area contributed by atoms with Crippen molar-refractivity contribution >= 4 is 22.5 Å². The van der Waals surface area contributed by atoms with Crippen molar-refractivity contribution in [3.05, 3.63) is 85.6 Å². The van der Waals surface area contributed by atoms with Gasteiger partial charge in [0.2, 0.25) is 0 Å². The molecule has 0 bridgehead atoms. The van der Waals surface area contributed by atoms with Crippen LogP contribution in [0.1, 0.15) is 17.4 Å². The third-order valence-electron chi connectivity index (χ3n) is 5.87. The Morgan fingerprint density at radius 1 is 1.00 bits per heavy atom. The molecule has 1 aliphatic rings. The molecule has 1 N–H and O–H groups in total. The first kappa shape index (κ1) is 19.7. The van der Waals surface area contributed by atoms with Crippen molar-refractivity contribution in [3.8, 4) is 17.0 Å². The van der Waals surface area contributed by atoms with Gasteiger partial charge in [-0.05, 0) is 35.4 Å². The van der Waals surface area contributed by atoms with Crippen molar-refractivity contribution in [1.29, 1.82) is 0 Å². The summed E-state index contributed by atoms with van der Waals surface area (Å²) in [6, 6.07) is 14.1. The number of phenolic OH excluding ortho intramolecular Hbond substituents is 1. The number of hydrogen-bond donors (Lipinski definition) is 1. The van der Waals surface area contributed by atoms with Gasteiger partial charge in [0.15, 0.2) is 0 Å². The minimum absolute atomic E-state index is 0.155. The zero-order chi connectivity index (χ0) is 21.9. The molecule has 31 heavy (non-hydrogen) atoms. The van der Waals surface area contributed by atoms with E-state index in [-0.39, 0.29) is 11.3 Å². The first-order chi connectivity index (χ1) is 14.9. The number of ether oxygens (including phenoxy) is 1. The highest BCUT2D eigenvalue weighted by atomic mass is 35.5. The smallest absolute Gasteiger partial charge is 0.331 e. The molecule has 2 aromatic carbocycles. The van der Waals surface area contributed by atoms with Crippen molar-refractivity contribution in [1.82, 2.24) is 13.7 Å². The van der Waals surface area contributed by atoms with E-state index in [0.717, 1.165) is 27.1 Å². The Labute approximate surface area is 182 Å². The molecule has 8 heteroatoms. The molecule has 0 saturated carbocycles. The SMILES string of the molecule is Cn1c(=O)c2c(-c3ccc(Cl)cc3)n3c(c2n(C)c1=O)[C@H](c1ccc(O)cc1)OCC3. The van der Waals surface area contributed by atoms with Crippen molar-refractivity contribution in [3.63, 3.8) is 0 Å². The maximum Gasteiger partial charge on any atom is 0.331 e. The topological polar surface area (TPSA) is 78.4 Å². The predicted octanol–water partition coefficient (Wildman–Crippen LogP) is 3.18. The van der Waals surface area contributed by atoms with E-state index in [1.807, 2.05) is 12.1 Å². The highest BCUT2D eigenvalue weighted by Gasteiger charge is 2.33. The number of benzene rings is 2. The second-order valence-corrected chi connectivity index (χ2v) is 8.10. The largest absolute Gasteiger partial charge is 0.508 e. The second kappa shape index (κ2) is 7.14. The molecule has 0 amide bonds. The zero-order valence-corrected chi connectivity index (χ0v) is 17.8. The van der Waals surface area contributed by atoms with Gasteiger partial charge in [0.25, 0.3) is 5.56 Å². The Kier molecular flexibility index (Phi) is 4.53. The third-order valence-corrected chi connectivity index (χ3v) is 6.12. The number of phenols is 1. The predicted molar refractivity (Wildman–Crippen MR) is 119 cm³/mol. The molecule has 4 aromatic rings. The number of aromatic nitrogens is 3. The first-order valence-corrected chi connectivity index (χ1v) is 10.2. The first-order valence-electron chi connectivity index (χ1n) is 9.87. The lowest BCUT2D eigenvalue weighted by molar-refractivity contribution is 0.0478. The monoisotopic (exact) mass is 437 g/mol. The van der Waals surface area contributed by atoms with Gasteiger partial charge in [0.05, 0.1) is 28.9 Å². The zero-order valence-electron chi connectivity index (χ0n) is 17.0. The lowest BCUT2D eigenvalue weighted by Crippen LogP contribution is -2.37. The van der Waals surface area contributed by atoms with E-state index in [2.05, 4.69) is 4.57 Å². The normalized spacial score (nSPS) is 15.9. The Morgan fingerprint density at radius 2 is 1.68 bits per heavy atom. The number of hydrogen-bond acceptors (Lipinski definition) is 4. The van der Waals surface area contributed by atoms with E-state index in [9.17, 15) is 14.7 Å². The fourth-order valence-electron chi connectivity index (χ4n) is 4.39. The van der Waals surface area contributed by atoms with E-state index in [1.165, 1.54) is 11.6 Å². The van der Waals surface area contributed by atoms with Crippen molar-refractivity contribution in [2.24, 2.45) is 14.1 Å². The van der Waals surface area contributed by atoms with E-state index in [0.29, 0.717) is 29.1 Å². The Hall–Kier alpha value is -3.29. The lowest BCUT2D eigenvalue weighted by Gasteiger charge is -2.27. The summed E-state index contributed by atoms with van der Waals surface area (Å²) < 4.78 is 10.8. The molecule has 1 aliphatic heterocycles. The third kappa shape index (κ3) is 2.92. The fourth-order valence-corrected chi connectivity index (χ4v) is 4.52. The van der Waals surface area contributed by atoms with Crippen molar-refractivity contribution < 1.29 is 9.84 Å². The van der Waals surface area contributed by atoms with Gasteiger partial charge in [0, 0.05) is 25.7 Å². The minimum Gasteiger partial charge on any atom is -0.508 e. The molecule has 0 radical (unpaired) electrons. The number of fused-ring (bicyclic) bond motifs is 3. The summed E-state index contributed by atoms with van der Waals surface area (Å²) in [6.45, 7) is 0.974. The van der Waals surface area contributed by atoms with E-state index >= 15 is 0 Å². The molecular weight excluding hydrogens is 418 g/mol. The minimum atomic E-state index is -0.490. The number of nitrogens with zero attached hydrogens (tertiary/aromatic N) is 3. The van der Waals surface area contributed by atoms with Gasteiger partial charge in [-0.15, -0.1) is 0 Å².